The van der Waals surface area contributed by atoms with Gasteiger partial charge in [0.2, 0.25) is 5.88 Å². The molecule has 2 aromatic heterocycles. The SMILES string of the molecule is CCc1nn2c(O)c(C(=O)NC3CC3)c(=O)n(CC(C)C)c2c1/C=C/C(=O)O. The molecule has 1 saturated carbocycles. The van der Waals surface area contributed by atoms with Crippen LogP contribution in [0.5, 0.6) is 5.88 Å². The van der Waals surface area contributed by atoms with Crippen molar-refractivity contribution in [3.63, 3.8) is 0 Å². The Kier molecular flexibility index (Phi) is 5.26. The highest BCUT2D eigenvalue weighted by molar-refractivity contribution is 5.97. The van der Waals surface area contributed by atoms with Crippen LogP contribution in [0, 0.1) is 5.92 Å². The zero-order valence-corrected chi connectivity index (χ0v) is 16.1. The maximum atomic E-state index is 13.1. The molecule has 2 aromatic rings. The molecule has 0 aliphatic heterocycles. The zero-order chi connectivity index (χ0) is 20.6. The molecule has 0 spiro atoms. The van der Waals surface area contributed by atoms with Gasteiger partial charge in [0.25, 0.3) is 11.5 Å². The van der Waals surface area contributed by atoms with Crippen molar-refractivity contribution in [2.75, 3.05) is 0 Å². The molecule has 28 heavy (non-hydrogen) atoms. The van der Waals surface area contributed by atoms with E-state index in [9.17, 15) is 19.5 Å². The van der Waals surface area contributed by atoms with E-state index in [1.165, 1.54) is 10.6 Å². The van der Waals surface area contributed by atoms with Gasteiger partial charge in [-0.3, -0.25) is 14.2 Å². The second kappa shape index (κ2) is 7.49. The van der Waals surface area contributed by atoms with E-state index in [2.05, 4.69) is 10.4 Å². The molecule has 0 bridgehead atoms. The molecule has 9 nitrogen and oxygen atoms in total. The van der Waals surface area contributed by atoms with Gasteiger partial charge in [-0.15, -0.1) is 0 Å². The van der Waals surface area contributed by atoms with E-state index in [-0.39, 0.29) is 29.7 Å². The van der Waals surface area contributed by atoms with Crippen molar-refractivity contribution in [2.24, 2.45) is 5.92 Å². The summed E-state index contributed by atoms with van der Waals surface area (Å²) >= 11 is 0. The smallest absolute Gasteiger partial charge is 0.328 e. The first kappa shape index (κ1) is 19.7. The van der Waals surface area contributed by atoms with Crippen LogP contribution in [0.15, 0.2) is 10.9 Å². The monoisotopic (exact) mass is 388 g/mol. The average Bonchev–Trinajstić information content (AvgIpc) is 3.34. The number of carboxylic acids is 1. The highest BCUT2D eigenvalue weighted by atomic mass is 16.4. The topological polar surface area (TPSA) is 126 Å². The summed E-state index contributed by atoms with van der Waals surface area (Å²) in [5, 5.41) is 26.7. The van der Waals surface area contributed by atoms with E-state index in [1.807, 2.05) is 20.8 Å². The molecular formula is C19H24N4O5. The second-order valence-electron chi connectivity index (χ2n) is 7.38. The number of rotatable bonds is 7. The fourth-order valence-corrected chi connectivity index (χ4v) is 3.11. The van der Waals surface area contributed by atoms with Crippen LogP contribution >= 0.6 is 0 Å². The van der Waals surface area contributed by atoms with E-state index in [4.69, 9.17) is 5.11 Å². The summed E-state index contributed by atoms with van der Waals surface area (Å²) in [6.07, 6.45) is 4.48. The van der Waals surface area contributed by atoms with Gasteiger partial charge in [-0.2, -0.15) is 9.61 Å². The molecule has 2 heterocycles. The Balaban J connectivity index is 2.32. The molecular weight excluding hydrogens is 364 g/mol. The van der Waals surface area contributed by atoms with E-state index in [0.717, 1.165) is 23.4 Å². The van der Waals surface area contributed by atoms with Gasteiger partial charge in [0.05, 0.1) is 5.69 Å². The lowest BCUT2D eigenvalue weighted by Gasteiger charge is -2.15. The minimum Gasteiger partial charge on any atom is -0.492 e. The Hall–Kier alpha value is -3.10. The summed E-state index contributed by atoms with van der Waals surface area (Å²) in [6.45, 7) is 5.96. The number of carboxylic acid groups (broad SMARTS) is 1. The van der Waals surface area contributed by atoms with Crippen molar-refractivity contribution in [1.29, 1.82) is 0 Å². The summed E-state index contributed by atoms with van der Waals surface area (Å²) < 4.78 is 2.55. The molecule has 3 rings (SSSR count). The Morgan fingerprint density at radius 1 is 1.36 bits per heavy atom. The molecule has 1 fully saturated rings. The predicted octanol–water partition coefficient (Wildman–Crippen LogP) is 1.41. The lowest BCUT2D eigenvalue weighted by molar-refractivity contribution is -0.131. The third-order valence-electron chi connectivity index (χ3n) is 4.53. The molecule has 150 valence electrons. The molecule has 0 atom stereocenters. The van der Waals surface area contributed by atoms with Crippen molar-refractivity contribution in [1.82, 2.24) is 19.5 Å². The lowest BCUT2D eigenvalue weighted by Crippen LogP contribution is -2.36. The Bertz CT molecular complexity index is 1030. The minimum atomic E-state index is -1.14. The number of hydrogen-bond acceptors (Lipinski definition) is 5. The summed E-state index contributed by atoms with van der Waals surface area (Å²) in [6, 6.07) is 0.0263. The minimum absolute atomic E-state index is 0.0263. The van der Waals surface area contributed by atoms with Crippen LogP contribution in [-0.2, 0) is 17.8 Å². The Morgan fingerprint density at radius 2 is 2.04 bits per heavy atom. The highest BCUT2D eigenvalue weighted by Crippen LogP contribution is 2.25. The van der Waals surface area contributed by atoms with Gasteiger partial charge in [-0.05, 0) is 31.3 Å². The van der Waals surface area contributed by atoms with Gasteiger partial charge < -0.3 is 15.5 Å². The summed E-state index contributed by atoms with van der Waals surface area (Å²) in [4.78, 5) is 36.7. The number of amides is 1. The van der Waals surface area contributed by atoms with Crippen LogP contribution in [-0.4, -0.2) is 42.3 Å². The molecule has 1 aliphatic carbocycles. The Labute approximate surface area is 161 Å². The standard InChI is InChI=1S/C19H24N4O5/c1-4-13-12(7-8-14(24)25)17-22(9-10(2)3)18(27)15(19(28)23(17)21-13)16(26)20-11-5-6-11/h7-8,10-11,28H,4-6,9H2,1-3H3,(H,20,26)(H,24,25)/b8-7+. The first-order valence-electron chi connectivity index (χ1n) is 9.33. The van der Waals surface area contributed by atoms with Gasteiger partial charge in [0.1, 0.15) is 5.65 Å². The van der Waals surface area contributed by atoms with Gasteiger partial charge in [0, 0.05) is 24.2 Å². The molecule has 0 aromatic carbocycles. The van der Waals surface area contributed by atoms with Crippen LogP contribution in [0.3, 0.4) is 0 Å². The first-order valence-corrected chi connectivity index (χ1v) is 9.33. The number of fused-ring (bicyclic) bond motifs is 1. The van der Waals surface area contributed by atoms with Crippen LogP contribution in [0.4, 0.5) is 0 Å². The lowest BCUT2D eigenvalue weighted by atomic mass is 10.1. The van der Waals surface area contributed by atoms with Crippen molar-refractivity contribution >= 4 is 23.6 Å². The van der Waals surface area contributed by atoms with E-state index < -0.39 is 23.3 Å². The van der Waals surface area contributed by atoms with Crippen LogP contribution < -0.4 is 10.9 Å². The number of aromatic hydroxyl groups is 1. The van der Waals surface area contributed by atoms with Crippen LogP contribution in [0.25, 0.3) is 11.7 Å². The van der Waals surface area contributed by atoms with Crippen LogP contribution in [0.1, 0.15) is 55.2 Å². The number of aromatic nitrogens is 3. The number of aryl methyl sites for hydroxylation is 1. The molecule has 0 saturated heterocycles. The molecule has 1 amide bonds. The van der Waals surface area contributed by atoms with Crippen LogP contribution in [0.2, 0.25) is 0 Å². The summed E-state index contributed by atoms with van der Waals surface area (Å²) in [5.74, 6) is -2.23. The predicted molar refractivity (Wildman–Crippen MR) is 102 cm³/mol. The zero-order valence-electron chi connectivity index (χ0n) is 16.1. The van der Waals surface area contributed by atoms with Gasteiger partial charge >= 0.3 is 5.97 Å². The number of aliphatic carboxylic acids is 1. The number of carbonyl (C=O) groups excluding carboxylic acids is 1. The second-order valence-corrected chi connectivity index (χ2v) is 7.38. The number of hydrogen-bond donors (Lipinski definition) is 3. The third kappa shape index (κ3) is 3.64. The summed E-state index contributed by atoms with van der Waals surface area (Å²) in [5.41, 5.74) is 0.258. The quantitative estimate of drug-likeness (QED) is 0.616. The maximum Gasteiger partial charge on any atom is 0.328 e. The largest absolute Gasteiger partial charge is 0.492 e. The number of nitrogens with zero attached hydrogens (tertiary/aromatic N) is 3. The highest BCUT2D eigenvalue weighted by Gasteiger charge is 2.30. The van der Waals surface area contributed by atoms with Gasteiger partial charge in [-0.1, -0.05) is 20.8 Å². The molecule has 9 heteroatoms. The third-order valence-corrected chi connectivity index (χ3v) is 4.53. The van der Waals surface area contributed by atoms with E-state index in [0.29, 0.717) is 17.7 Å². The van der Waals surface area contributed by atoms with Gasteiger partial charge in [0.15, 0.2) is 5.56 Å². The first-order chi connectivity index (χ1) is 13.2. The summed E-state index contributed by atoms with van der Waals surface area (Å²) in [7, 11) is 0. The van der Waals surface area contributed by atoms with Gasteiger partial charge in [-0.25, -0.2) is 4.79 Å². The molecule has 1 aliphatic rings. The maximum absolute atomic E-state index is 13.1. The van der Waals surface area contributed by atoms with E-state index in [1.54, 1.807) is 0 Å². The molecule has 0 radical (unpaired) electrons. The Morgan fingerprint density at radius 3 is 2.57 bits per heavy atom. The van der Waals surface area contributed by atoms with Crippen molar-refractivity contribution < 1.29 is 19.8 Å². The fraction of sp³-hybridized carbons (Fsp3) is 0.474. The normalized spacial score (nSPS) is 14.3. The van der Waals surface area contributed by atoms with Crippen molar-refractivity contribution in [3.05, 3.63) is 33.3 Å². The van der Waals surface area contributed by atoms with Crippen molar-refractivity contribution in [3.8, 4) is 5.88 Å². The number of nitrogens with one attached hydrogen (secondary N) is 1. The molecule has 0 unspecified atom stereocenters. The van der Waals surface area contributed by atoms with E-state index >= 15 is 0 Å². The number of carbonyl (C=O) groups is 2. The van der Waals surface area contributed by atoms with Crippen molar-refractivity contribution in [2.45, 2.75) is 52.6 Å². The molecule has 3 N–H and O–H groups in total. The fourth-order valence-electron chi connectivity index (χ4n) is 3.11. The average molecular weight is 388 g/mol.